The first kappa shape index (κ1) is 16.9. The minimum absolute atomic E-state index is 0.197. The molecule has 1 amide bonds. The summed E-state index contributed by atoms with van der Waals surface area (Å²) >= 11 is 0. The SMILES string of the molecule is CNC(=O)O[C@H]1C=CC(=O)[C@](C)(c2ccc(-c3ccccc3)cc2)O1. The van der Waals surface area contributed by atoms with Gasteiger partial charge in [0.25, 0.3) is 0 Å². The topological polar surface area (TPSA) is 64.6 Å². The van der Waals surface area contributed by atoms with Crippen LogP contribution in [0, 0.1) is 0 Å². The Labute approximate surface area is 146 Å². The number of alkyl carbamates (subject to hydrolysis) is 1. The fraction of sp³-hybridized carbons (Fsp3) is 0.200. The van der Waals surface area contributed by atoms with Crippen LogP contribution in [-0.2, 0) is 19.9 Å². The quantitative estimate of drug-likeness (QED) is 0.932. The van der Waals surface area contributed by atoms with Crippen LogP contribution in [0.3, 0.4) is 0 Å². The zero-order valence-corrected chi connectivity index (χ0v) is 14.1. The molecule has 1 aliphatic rings. The Morgan fingerprint density at radius 1 is 1.08 bits per heavy atom. The monoisotopic (exact) mass is 337 g/mol. The van der Waals surface area contributed by atoms with Crippen LogP contribution in [0.4, 0.5) is 4.79 Å². The molecule has 2 atom stereocenters. The Balaban J connectivity index is 1.85. The average Bonchev–Trinajstić information content (AvgIpc) is 2.65. The van der Waals surface area contributed by atoms with E-state index in [1.807, 2.05) is 54.6 Å². The molecule has 128 valence electrons. The molecule has 0 radical (unpaired) electrons. The van der Waals surface area contributed by atoms with Crippen LogP contribution in [-0.4, -0.2) is 25.2 Å². The number of benzene rings is 2. The second kappa shape index (κ2) is 6.91. The van der Waals surface area contributed by atoms with Gasteiger partial charge in [-0.3, -0.25) is 4.79 Å². The number of carbonyl (C=O) groups excluding carboxylic acids is 2. The van der Waals surface area contributed by atoms with E-state index in [1.165, 1.54) is 19.2 Å². The highest BCUT2D eigenvalue weighted by Crippen LogP contribution is 2.33. The molecule has 1 N–H and O–H groups in total. The summed E-state index contributed by atoms with van der Waals surface area (Å²) in [4.78, 5) is 23.8. The molecule has 0 spiro atoms. The molecule has 2 aromatic rings. The van der Waals surface area contributed by atoms with Gasteiger partial charge in [-0.2, -0.15) is 0 Å². The highest BCUT2D eigenvalue weighted by molar-refractivity contribution is 5.98. The van der Waals surface area contributed by atoms with Gasteiger partial charge in [0.1, 0.15) is 0 Å². The molecule has 0 bridgehead atoms. The molecule has 0 aliphatic carbocycles. The number of carbonyl (C=O) groups is 2. The Morgan fingerprint density at radius 2 is 1.72 bits per heavy atom. The summed E-state index contributed by atoms with van der Waals surface area (Å²) in [5.74, 6) is -0.197. The average molecular weight is 337 g/mol. The van der Waals surface area contributed by atoms with E-state index in [-0.39, 0.29) is 5.78 Å². The van der Waals surface area contributed by atoms with E-state index in [0.29, 0.717) is 5.56 Å². The third-order valence-electron chi connectivity index (χ3n) is 4.20. The van der Waals surface area contributed by atoms with Crippen LogP contribution < -0.4 is 5.32 Å². The molecule has 0 aromatic heterocycles. The molecule has 5 heteroatoms. The van der Waals surface area contributed by atoms with Gasteiger partial charge in [0, 0.05) is 7.05 Å². The Hall–Kier alpha value is -2.92. The lowest BCUT2D eigenvalue weighted by Gasteiger charge is -2.33. The second-order valence-electron chi connectivity index (χ2n) is 5.84. The van der Waals surface area contributed by atoms with E-state index in [9.17, 15) is 9.59 Å². The van der Waals surface area contributed by atoms with Gasteiger partial charge in [0.2, 0.25) is 6.29 Å². The van der Waals surface area contributed by atoms with Crippen molar-refractivity contribution >= 4 is 11.9 Å². The van der Waals surface area contributed by atoms with E-state index < -0.39 is 18.0 Å². The maximum atomic E-state index is 12.4. The van der Waals surface area contributed by atoms with Crippen LogP contribution in [0.15, 0.2) is 66.7 Å². The van der Waals surface area contributed by atoms with Crippen molar-refractivity contribution < 1.29 is 19.1 Å². The van der Waals surface area contributed by atoms with Crippen molar-refractivity contribution in [2.75, 3.05) is 7.05 Å². The predicted molar refractivity (Wildman–Crippen MR) is 93.8 cm³/mol. The predicted octanol–water partition coefficient (Wildman–Crippen LogP) is 3.41. The van der Waals surface area contributed by atoms with Gasteiger partial charge < -0.3 is 14.8 Å². The van der Waals surface area contributed by atoms with E-state index in [0.717, 1.165) is 11.1 Å². The van der Waals surface area contributed by atoms with E-state index in [4.69, 9.17) is 9.47 Å². The van der Waals surface area contributed by atoms with Gasteiger partial charge in [0.15, 0.2) is 11.4 Å². The first-order chi connectivity index (χ1) is 12.0. The van der Waals surface area contributed by atoms with Crippen molar-refractivity contribution in [1.82, 2.24) is 5.32 Å². The van der Waals surface area contributed by atoms with Crippen LogP contribution in [0.2, 0.25) is 0 Å². The lowest BCUT2D eigenvalue weighted by atomic mass is 9.88. The molecule has 0 unspecified atom stereocenters. The Morgan fingerprint density at radius 3 is 2.36 bits per heavy atom. The third-order valence-corrected chi connectivity index (χ3v) is 4.20. The van der Waals surface area contributed by atoms with E-state index in [2.05, 4.69) is 5.32 Å². The van der Waals surface area contributed by atoms with Crippen LogP contribution in [0.25, 0.3) is 11.1 Å². The summed E-state index contributed by atoms with van der Waals surface area (Å²) in [7, 11) is 1.46. The first-order valence-corrected chi connectivity index (χ1v) is 7.98. The number of ether oxygens (including phenoxy) is 2. The largest absolute Gasteiger partial charge is 0.416 e. The Bertz CT molecular complexity index is 798. The van der Waals surface area contributed by atoms with Crippen LogP contribution in [0.5, 0.6) is 0 Å². The number of ketones is 1. The molecule has 25 heavy (non-hydrogen) atoms. The van der Waals surface area contributed by atoms with E-state index >= 15 is 0 Å². The minimum atomic E-state index is -1.21. The standard InChI is InChI=1S/C20H19NO4/c1-20(17(22)12-13-18(25-20)24-19(23)21-2)16-10-8-15(9-11-16)14-6-4-3-5-7-14/h3-13,18H,1-2H3,(H,21,23)/t18-,20+/m1/s1. The van der Waals surface area contributed by atoms with Gasteiger partial charge in [0.05, 0.1) is 0 Å². The lowest BCUT2D eigenvalue weighted by Crippen LogP contribution is -2.43. The van der Waals surface area contributed by atoms with Crippen molar-refractivity contribution in [2.45, 2.75) is 18.8 Å². The van der Waals surface area contributed by atoms with Gasteiger partial charge in [-0.05, 0) is 35.8 Å². The fourth-order valence-electron chi connectivity index (χ4n) is 2.70. The summed E-state index contributed by atoms with van der Waals surface area (Å²) in [6.45, 7) is 1.68. The maximum absolute atomic E-state index is 12.4. The summed E-state index contributed by atoms with van der Waals surface area (Å²) in [5, 5.41) is 2.36. The molecule has 3 rings (SSSR count). The first-order valence-electron chi connectivity index (χ1n) is 7.98. The number of hydrogen-bond acceptors (Lipinski definition) is 4. The summed E-state index contributed by atoms with van der Waals surface area (Å²) in [5.41, 5.74) is 1.63. The number of rotatable bonds is 3. The smallest absolute Gasteiger partial charge is 0.409 e. The van der Waals surface area contributed by atoms with Crippen molar-refractivity contribution in [3.8, 4) is 11.1 Å². The van der Waals surface area contributed by atoms with Gasteiger partial charge in [-0.25, -0.2) is 4.79 Å². The molecular weight excluding hydrogens is 318 g/mol. The third kappa shape index (κ3) is 3.46. The summed E-state index contributed by atoms with van der Waals surface area (Å²) in [6, 6.07) is 17.6. The molecule has 1 aliphatic heterocycles. The molecule has 5 nitrogen and oxygen atoms in total. The van der Waals surface area contributed by atoms with Crippen molar-refractivity contribution in [3.05, 3.63) is 72.3 Å². The fourth-order valence-corrected chi connectivity index (χ4v) is 2.70. The summed E-state index contributed by atoms with van der Waals surface area (Å²) in [6.07, 6.45) is 1.28. The van der Waals surface area contributed by atoms with Gasteiger partial charge >= 0.3 is 6.09 Å². The number of nitrogens with one attached hydrogen (secondary N) is 1. The normalized spacial score (nSPS) is 22.5. The molecule has 1 heterocycles. The van der Waals surface area contributed by atoms with Crippen LogP contribution >= 0.6 is 0 Å². The maximum Gasteiger partial charge on any atom is 0.409 e. The Kier molecular flexibility index (Phi) is 4.67. The van der Waals surface area contributed by atoms with Crippen molar-refractivity contribution in [2.24, 2.45) is 0 Å². The van der Waals surface area contributed by atoms with E-state index in [1.54, 1.807) is 6.92 Å². The highest BCUT2D eigenvalue weighted by Gasteiger charge is 2.40. The molecule has 0 saturated heterocycles. The molecule has 0 fully saturated rings. The molecule has 0 saturated carbocycles. The number of amides is 1. The minimum Gasteiger partial charge on any atom is -0.416 e. The van der Waals surface area contributed by atoms with Gasteiger partial charge in [-0.15, -0.1) is 0 Å². The number of hydrogen-bond donors (Lipinski definition) is 1. The van der Waals surface area contributed by atoms with Crippen molar-refractivity contribution in [1.29, 1.82) is 0 Å². The zero-order chi connectivity index (χ0) is 17.9. The zero-order valence-electron chi connectivity index (χ0n) is 14.1. The second-order valence-corrected chi connectivity index (χ2v) is 5.84. The van der Waals surface area contributed by atoms with Crippen molar-refractivity contribution in [3.63, 3.8) is 0 Å². The molecular formula is C20H19NO4. The molecule has 2 aromatic carbocycles. The van der Waals surface area contributed by atoms with Gasteiger partial charge in [-0.1, -0.05) is 54.6 Å². The highest BCUT2D eigenvalue weighted by atomic mass is 16.7. The van der Waals surface area contributed by atoms with Crippen LogP contribution in [0.1, 0.15) is 12.5 Å². The summed E-state index contributed by atoms with van der Waals surface area (Å²) < 4.78 is 10.9. The lowest BCUT2D eigenvalue weighted by molar-refractivity contribution is -0.177.